The van der Waals surface area contributed by atoms with E-state index in [0.29, 0.717) is 18.5 Å². The van der Waals surface area contributed by atoms with Crippen LogP contribution in [0.15, 0.2) is 28.7 Å². The van der Waals surface area contributed by atoms with Gasteiger partial charge in [-0.1, -0.05) is 34.1 Å². The second-order valence-corrected chi connectivity index (χ2v) is 6.71. The largest absolute Gasteiger partial charge is 0.444 e. The molecule has 0 atom stereocenters. The number of nitrogens with one attached hydrogen (secondary N) is 1. The molecule has 0 saturated heterocycles. The van der Waals surface area contributed by atoms with Crippen molar-refractivity contribution in [2.75, 3.05) is 6.54 Å². The summed E-state index contributed by atoms with van der Waals surface area (Å²) in [5, 5.41) is 2.57. The van der Waals surface area contributed by atoms with Crippen molar-refractivity contribution < 1.29 is 22.7 Å². The van der Waals surface area contributed by atoms with Crippen LogP contribution in [0.3, 0.4) is 0 Å². The first-order chi connectivity index (χ1) is 10.5. The molecule has 23 heavy (non-hydrogen) atoms. The van der Waals surface area contributed by atoms with Gasteiger partial charge >= 0.3 is 12.3 Å². The normalized spacial score (nSPS) is 12.5. The standard InChI is InChI=1S/C16H19BrF3NO2/c1-15(2,3)23-14(22)21-9-5-4-6-11-7-8-13(17)12(10-11)16(18,19)20/h4,6-8,10H,5,9H2,1-3H3,(H,21,22). The summed E-state index contributed by atoms with van der Waals surface area (Å²) in [7, 11) is 0. The topological polar surface area (TPSA) is 38.3 Å². The van der Waals surface area contributed by atoms with E-state index in [1.54, 1.807) is 39.0 Å². The van der Waals surface area contributed by atoms with Crippen molar-refractivity contribution in [2.24, 2.45) is 0 Å². The first-order valence-electron chi connectivity index (χ1n) is 6.99. The zero-order valence-electron chi connectivity index (χ0n) is 13.1. The van der Waals surface area contributed by atoms with E-state index < -0.39 is 23.4 Å². The van der Waals surface area contributed by atoms with Crippen LogP contribution in [-0.4, -0.2) is 18.2 Å². The van der Waals surface area contributed by atoms with Crippen LogP contribution in [-0.2, 0) is 10.9 Å². The predicted octanol–water partition coefficient (Wildman–Crippen LogP) is 5.40. The summed E-state index contributed by atoms with van der Waals surface area (Å²) in [5.74, 6) is 0. The molecule has 0 radical (unpaired) electrons. The highest BCUT2D eigenvalue weighted by Gasteiger charge is 2.32. The molecular formula is C16H19BrF3NO2. The third-order valence-corrected chi connectivity index (χ3v) is 3.28. The number of alkyl halides is 3. The van der Waals surface area contributed by atoms with Crippen molar-refractivity contribution in [2.45, 2.75) is 39.0 Å². The van der Waals surface area contributed by atoms with Gasteiger partial charge in [0.2, 0.25) is 0 Å². The fraction of sp³-hybridized carbons (Fsp3) is 0.438. The van der Waals surface area contributed by atoms with Gasteiger partial charge in [0, 0.05) is 11.0 Å². The van der Waals surface area contributed by atoms with E-state index in [2.05, 4.69) is 21.2 Å². The van der Waals surface area contributed by atoms with Crippen molar-refractivity contribution in [1.29, 1.82) is 0 Å². The molecule has 0 bridgehead atoms. The van der Waals surface area contributed by atoms with Gasteiger partial charge in [0.15, 0.2) is 0 Å². The van der Waals surface area contributed by atoms with Gasteiger partial charge in [0.1, 0.15) is 5.60 Å². The third kappa shape index (κ3) is 7.54. The molecule has 0 aromatic heterocycles. The number of hydrogen-bond donors (Lipinski definition) is 1. The highest BCUT2D eigenvalue weighted by Crippen LogP contribution is 2.35. The number of hydrogen-bond acceptors (Lipinski definition) is 2. The van der Waals surface area contributed by atoms with Gasteiger partial charge in [-0.15, -0.1) is 0 Å². The van der Waals surface area contributed by atoms with Crippen molar-refractivity contribution in [1.82, 2.24) is 5.32 Å². The molecule has 0 saturated carbocycles. The summed E-state index contributed by atoms with van der Waals surface area (Å²) in [6.07, 6.45) is -1.16. The Hall–Kier alpha value is -1.50. The molecule has 1 aromatic rings. The molecule has 7 heteroatoms. The van der Waals surface area contributed by atoms with Gasteiger partial charge in [0.25, 0.3) is 0 Å². The van der Waals surface area contributed by atoms with Crippen molar-refractivity contribution in [3.63, 3.8) is 0 Å². The van der Waals surface area contributed by atoms with Gasteiger partial charge in [-0.25, -0.2) is 4.79 Å². The lowest BCUT2D eigenvalue weighted by molar-refractivity contribution is -0.138. The molecule has 0 unspecified atom stereocenters. The molecule has 0 aliphatic carbocycles. The van der Waals surface area contributed by atoms with Gasteiger partial charge in [-0.3, -0.25) is 0 Å². The van der Waals surface area contributed by atoms with Crippen LogP contribution in [0.1, 0.15) is 38.3 Å². The molecular weight excluding hydrogens is 375 g/mol. The fourth-order valence-electron chi connectivity index (χ4n) is 1.65. The Balaban J connectivity index is 2.52. The minimum atomic E-state index is -4.40. The number of ether oxygens (including phenoxy) is 1. The van der Waals surface area contributed by atoms with Gasteiger partial charge in [-0.05, 0) is 44.9 Å². The molecule has 1 N–H and O–H groups in total. The molecule has 0 fully saturated rings. The predicted molar refractivity (Wildman–Crippen MR) is 87.0 cm³/mol. The highest BCUT2D eigenvalue weighted by atomic mass is 79.9. The Morgan fingerprint density at radius 2 is 1.96 bits per heavy atom. The fourth-order valence-corrected chi connectivity index (χ4v) is 2.13. The van der Waals surface area contributed by atoms with Gasteiger partial charge in [0.05, 0.1) is 5.56 Å². The van der Waals surface area contributed by atoms with Gasteiger partial charge in [-0.2, -0.15) is 13.2 Å². The van der Waals surface area contributed by atoms with Crippen LogP contribution in [0.25, 0.3) is 6.08 Å². The summed E-state index contributed by atoms with van der Waals surface area (Å²) < 4.78 is 43.4. The SMILES string of the molecule is CC(C)(C)OC(=O)NCCC=Cc1ccc(Br)c(C(F)(F)F)c1. The molecule has 3 nitrogen and oxygen atoms in total. The molecule has 0 aliphatic rings. The smallest absolute Gasteiger partial charge is 0.417 e. The van der Waals surface area contributed by atoms with E-state index in [9.17, 15) is 18.0 Å². The summed E-state index contributed by atoms with van der Waals surface area (Å²) in [5.41, 5.74) is -0.838. The maximum atomic E-state index is 12.8. The van der Waals surface area contributed by atoms with Crippen molar-refractivity contribution >= 4 is 28.1 Å². The average molecular weight is 394 g/mol. The Morgan fingerprint density at radius 1 is 1.30 bits per heavy atom. The van der Waals surface area contributed by atoms with Crippen LogP contribution < -0.4 is 5.32 Å². The van der Waals surface area contributed by atoms with E-state index in [4.69, 9.17) is 4.74 Å². The zero-order chi connectivity index (χ0) is 17.7. The van der Waals surface area contributed by atoms with Crippen LogP contribution in [0.4, 0.5) is 18.0 Å². The summed E-state index contributed by atoms with van der Waals surface area (Å²) >= 11 is 2.89. The molecule has 0 heterocycles. The molecule has 0 spiro atoms. The maximum absolute atomic E-state index is 12.8. The van der Waals surface area contributed by atoms with E-state index in [0.717, 1.165) is 6.07 Å². The Bertz CT molecular complexity index is 578. The summed E-state index contributed by atoms with van der Waals surface area (Å²) in [6.45, 7) is 5.63. The molecule has 128 valence electrons. The highest BCUT2D eigenvalue weighted by molar-refractivity contribution is 9.10. The second kappa shape index (κ2) is 7.86. The monoisotopic (exact) mass is 393 g/mol. The van der Waals surface area contributed by atoms with Crippen LogP contribution in [0, 0.1) is 0 Å². The number of halogens is 4. The quantitative estimate of drug-likeness (QED) is 0.695. The van der Waals surface area contributed by atoms with E-state index in [1.165, 1.54) is 6.07 Å². The number of amides is 1. The first-order valence-corrected chi connectivity index (χ1v) is 7.78. The summed E-state index contributed by atoms with van der Waals surface area (Å²) in [4.78, 5) is 11.4. The van der Waals surface area contributed by atoms with Crippen LogP contribution in [0.2, 0.25) is 0 Å². The Morgan fingerprint density at radius 3 is 2.52 bits per heavy atom. The minimum Gasteiger partial charge on any atom is -0.444 e. The zero-order valence-corrected chi connectivity index (χ0v) is 14.7. The Kier molecular flexibility index (Phi) is 6.68. The minimum absolute atomic E-state index is 0.00809. The van der Waals surface area contributed by atoms with Crippen LogP contribution >= 0.6 is 15.9 Å². The number of carbonyl (C=O) groups is 1. The second-order valence-electron chi connectivity index (χ2n) is 5.86. The molecule has 1 amide bonds. The number of carbonyl (C=O) groups excluding carboxylic acids is 1. The Labute approximate surface area is 142 Å². The van der Waals surface area contributed by atoms with Crippen LogP contribution in [0.5, 0.6) is 0 Å². The number of rotatable bonds is 4. The van der Waals surface area contributed by atoms with E-state index >= 15 is 0 Å². The lowest BCUT2D eigenvalue weighted by Gasteiger charge is -2.19. The first kappa shape index (κ1) is 19.5. The molecule has 0 aliphatic heterocycles. The average Bonchev–Trinajstić information content (AvgIpc) is 2.36. The lowest BCUT2D eigenvalue weighted by Crippen LogP contribution is -2.32. The van der Waals surface area contributed by atoms with Crippen molar-refractivity contribution in [3.05, 3.63) is 39.9 Å². The number of benzene rings is 1. The third-order valence-electron chi connectivity index (χ3n) is 2.59. The van der Waals surface area contributed by atoms with Gasteiger partial charge < -0.3 is 10.1 Å². The number of alkyl carbamates (subject to hydrolysis) is 1. The summed E-state index contributed by atoms with van der Waals surface area (Å²) in [6, 6.07) is 4.01. The molecule has 1 aromatic carbocycles. The van der Waals surface area contributed by atoms with E-state index in [1.807, 2.05) is 0 Å². The molecule has 1 rings (SSSR count). The lowest BCUT2D eigenvalue weighted by atomic mass is 10.1. The maximum Gasteiger partial charge on any atom is 0.417 e. The van der Waals surface area contributed by atoms with E-state index in [-0.39, 0.29) is 4.47 Å². The van der Waals surface area contributed by atoms with Crippen molar-refractivity contribution in [3.8, 4) is 0 Å².